The van der Waals surface area contributed by atoms with Crippen molar-refractivity contribution in [1.82, 2.24) is 4.98 Å². The Morgan fingerprint density at radius 1 is 1.07 bits per heavy atom. The van der Waals surface area contributed by atoms with Crippen LogP contribution in [0.3, 0.4) is 0 Å². The van der Waals surface area contributed by atoms with Gasteiger partial charge in [0.15, 0.2) is 5.43 Å². The summed E-state index contributed by atoms with van der Waals surface area (Å²) in [6, 6.07) is 16.9. The van der Waals surface area contributed by atoms with Crippen molar-refractivity contribution < 1.29 is 9.15 Å². The van der Waals surface area contributed by atoms with E-state index in [2.05, 4.69) is 4.98 Å². The molecule has 0 fully saturated rings. The lowest BCUT2D eigenvalue weighted by atomic mass is 10.00. The maximum Gasteiger partial charge on any atom is 0.196 e. The number of ether oxygens (including phenoxy) is 1. The number of aryl methyl sites for hydroxylation is 1. The smallest absolute Gasteiger partial charge is 0.196 e. The van der Waals surface area contributed by atoms with E-state index in [4.69, 9.17) is 20.8 Å². The van der Waals surface area contributed by atoms with E-state index in [-0.39, 0.29) is 11.5 Å². The highest BCUT2D eigenvalue weighted by atomic mass is 35.5. The molecule has 0 saturated carbocycles. The predicted molar refractivity (Wildman–Crippen MR) is 116 cm³/mol. The molecule has 0 bridgehead atoms. The van der Waals surface area contributed by atoms with E-state index >= 15 is 0 Å². The minimum absolute atomic E-state index is 0.0320. The van der Waals surface area contributed by atoms with Gasteiger partial charge in [0.1, 0.15) is 28.3 Å². The third-order valence-corrected chi connectivity index (χ3v) is 5.10. The molecule has 0 amide bonds. The molecule has 0 aliphatic rings. The first-order valence-electron chi connectivity index (χ1n) is 9.35. The van der Waals surface area contributed by atoms with Gasteiger partial charge in [0.25, 0.3) is 0 Å². The van der Waals surface area contributed by atoms with Crippen molar-refractivity contribution in [2.24, 2.45) is 0 Å². The first-order valence-corrected chi connectivity index (χ1v) is 9.73. The highest BCUT2D eigenvalue weighted by molar-refractivity contribution is 6.29. The van der Waals surface area contributed by atoms with Gasteiger partial charge in [-0.25, -0.2) is 4.98 Å². The van der Waals surface area contributed by atoms with E-state index in [0.29, 0.717) is 33.2 Å². The van der Waals surface area contributed by atoms with Crippen LogP contribution in [0, 0.1) is 13.8 Å². The molecule has 0 aliphatic carbocycles. The zero-order chi connectivity index (χ0) is 20.5. The van der Waals surface area contributed by atoms with Crippen molar-refractivity contribution in [3.8, 4) is 17.1 Å². The Bertz CT molecular complexity index is 1230. The third kappa shape index (κ3) is 3.76. The summed E-state index contributed by atoms with van der Waals surface area (Å²) in [5.41, 5.74) is 3.75. The van der Waals surface area contributed by atoms with Crippen LogP contribution >= 0.6 is 11.6 Å². The average Bonchev–Trinajstić information content (AvgIpc) is 2.72. The Morgan fingerprint density at radius 3 is 2.52 bits per heavy atom. The fourth-order valence-electron chi connectivity index (χ4n) is 3.43. The van der Waals surface area contributed by atoms with Crippen LogP contribution in [0.5, 0.6) is 5.75 Å². The summed E-state index contributed by atoms with van der Waals surface area (Å²) in [6.45, 7) is 5.68. The molecule has 0 aliphatic heterocycles. The molecule has 0 radical (unpaired) electrons. The standard InChI is InChI=1S/C24H20ClNO3/c1-14-11-19(16(3)28-18-9-10-21(25)26-13-18)24-20(12-14)22(27)15(2)23(29-24)17-7-5-4-6-8-17/h4-13,16H,1-3H3. The summed E-state index contributed by atoms with van der Waals surface area (Å²) in [5.74, 6) is 1.17. The van der Waals surface area contributed by atoms with Crippen LogP contribution in [0.1, 0.15) is 29.7 Å². The van der Waals surface area contributed by atoms with Gasteiger partial charge >= 0.3 is 0 Å². The Morgan fingerprint density at radius 2 is 1.83 bits per heavy atom. The summed E-state index contributed by atoms with van der Waals surface area (Å²) in [4.78, 5) is 17.2. The second-order valence-corrected chi connectivity index (χ2v) is 7.45. The summed E-state index contributed by atoms with van der Waals surface area (Å²) in [5, 5.41) is 0.960. The molecular formula is C24H20ClNO3. The minimum atomic E-state index is -0.352. The highest BCUT2D eigenvalue weighted by Gasteiger charge is 2.19. The van der Waals surface area contributed by atoms with E-state index in [1.165, 1.54) is 0 Å². The first-order chi connectivity index (χ1) is 13.9. The largest absolute Gasteiger partial charge is 0.484 e. The van der Waals surface area contributed by atoms with Crippen molar-refractivity contribution in [3.63, 3.8) is 0 Å². The van der Waals surface area contributed by atoms with Crippen LogP contribution in [0.15, 0.2) is 70.0 Å². The quantitative estimate of drug-likeness (QED) is 0.376. The third-order valence-electron chi connectivity index (χ3n) is 4.88. The fraction of sp³-hybridized carbons (Fsp3) is 0.167. The molecule has 5 heteroatoms. The number of aromatic nitrogens is 1. The van der Waals surface area contributed by atoms with Gasteiger partial charge in [-0.3, -0.25) is 4.79 Å². The van der Waals surface area contributed by atoms with Crippen LogP contribution in [-0.4, -0.2) is 4.98 Å². The molecule has 29 heavy (non-hydrogen) atoms. The van der Waals surface area contributed by atoms with Gasteiger partial charge in [-0.15, -0.1) is 0 Å². The highest BCUT2D eigenvalue weighted by Crippen LogP contribution is 2.32. The topological polar surface area (TPSA) is 52.3 Å². The Balaban J connectivity index is 1.88. The molecular weight excluding hydrogens is 386 g/mol. The van der Waals surface area contributed by atoms with Gasteiger partial charge in [-0.1, -0.05) is 41.9 Å². The monoisotopic (exact) mass is 405 g/mol. The SMILES string of the molecule is Cc1cc(C(C)Oc2ccc(Cl)nc2)c2oc(-c3ccccc3)c(C)c(=O)c2c1. The number of hydrogen-bond donors (Lipinski definition) is 0. The van der Waals surface area contributed by atoms with E-state index in [9.17, 15) is 4.79 Å². The maximum absolute atomic E-state index is 13.1. The summed E-state index contributed by atoms with van der Waals surface area (Å²) in [6.07, 6.45) is 1.22. The molecule has 2 aromatic carbocycles. The second-order valence-electron chi connectivity index (χ2n) is 7.06. The number of nitrogens with zero attached hydrogens (tertiary/aromatic N) is 1. The van der Waals surface area contributed by atoms with Crippen molar-refractivity contribution in [3.05, 3.63) is 92.9 Å². The van der Waals surface area contributed by atoms with Gasteiger partial charge in [0.05, 0.1) is 11.6 Å². The molecule has 2 aromatic heterocycles. The number of halogens is 1. The van der Waals surface area contributed by atoms with Crippen molar-refractivity contribution in [2.75, 3.05) is 0 Å². The molecule has 0 saturated heterocycles. The Labute approximate surface area is 173 Å². The molecule has 4 nitrogen and oxygen atoms in total. The van der Waals surface area contributed by atoms with Gasteiger partial charge < -0.3 is 9.15 Å². The summed E-state index contributed by atoms with van der Waals surface area (Å²) < 4.78 is 12.4. The van der Waals surface area contributed by atoms with Crippen LogP contribution in [0.4, 0.5) is 0 Å². The van der Waals surface area contributed by atoms with Gasteiger partial charge in [0, 0.05) is 16.7 Å². The maximum atomic E-state index is 13.1. The average molecular weight is 406 g/mol. The number of rotatable bonds is 4. The lowest BCUT2D eigenvalue weighted by molar-refractivity contribution is 0.226. The van der Waals surface area contributed by atoms with Gasteiger partial charge in [-0.2, -0.15) is 0 Å². The lowest BCUT2D eigenvalue weighted by Crippen LogP contribution is -2.11. The zero-order valence-corrected chi connectivity index (χ0v) is 17.2. The number of hydrogen-bond acceptors (Lipinski definition) is 4. The van der Waals surface area contributed by atoms with E-state index in [0.717, 1.165) is 16.7 Å². The minimum Gasteiger partial charge on any atom is -0.484 e. The molecule has 1 unspecified atom stereocenters. The molecule has 146 valence electrons. The normalized spacial score (nSPS) is 12.1. The predicted octanol–water partition coefficient (Wildman–Crippen LogP) is 6.27. The van der Waals surface area contributed by atoms with E-state index in [1.54, 1.807) is 25.3 Å². The summed E-state index contributed by atoms with van der Waals surface area (Å²) >= 11 is 5.86. The van der Waals surface area contributed by atoms with E-state index < -0.39 is 0 Å². The number of pyridine rings is 1. The zero-order valence-electron chi connectivity index (χ0n) is 16.4. The number of fused-ring (bicyclic) bond motifs is 1. The lowest BCUT2D eigenvalue weighted by Gasteiger charge is -2.18. The van der Waals surface area contributed by atoms with Crippen LogP contribution < -0.4 is 10.2 Å². The van der Waals surface area contributed by atoms with Crippen molar-refractivity contribution in [2.45, 2.75) is 26.9 Å². The van der Waals surface area contributed by atoms with Gasteiger partial charge in [0.2, 0.25) is 0 Å². The van der Waals surface area contributed by atoms with Crippen molar-refractivity contribution in [1.29, 1.82) is 0 Å². The molecule has 0 spiro atoms. The molecule has 2 heterocycles. The van der Waals surface area contributed by atoms with Crippen LogP contribution in [0.25, 0.3) is 22.3 Å². The summed E-state index contributed by atoms with van der Waals surface area (Å²) in [7, 11) is 0. The van der Waals surface area contributed by atoms with E-state index in [1.807, 2.05) is 56.3 Å². The van der Waals surface area contributed by atoms with Crippen LogP contribution in [0.2, 0.25) is 5.15 Å². The van der Waals surface area contributed by atoms with Gasteiger partial charge in [-0.05, 0) is 50.6 Å². The van der Waals surface area contributed by atoms with Crippen LogP contribution in [-0.2, 0) is 0 Å². The molecule has 4 aromatic rings. The fourth-order valence-corrected chi connectivity index (χ4v) is 3.55. The molecule has 1 atom stereocenters. The second kappa shape index (κ2) is 7.72. The molecule has 0 N–H and O–H groups in total. The molecule has 4 rings (SSSR count). The Hall–Kier alpha value is -3.11. The van der Waals surface area contributed by atoms with Crippen molar-refractivity contribution >= 4 is 22.6 Å². The first kappa shape index (κ1) is 19.2. The Kier molecular flexibility index (Phi) is 5.12. The number of benzene rings is 2.